The molecule has 5 nitrogen and oxygen atoms in total. The summed E-state index contributed by atoms with van der Waals surface area (Å²) >= 11 is 0. The molecule has 2 aromatic carbocycles. The van der Waals surface area contributed by atoms with Crippen LogP contribution in [0.5, 0.6) is 17.2 Å². The summed E-state index contributed by atoms with van der Waals surface area (Å²) in [6.45, 7) is 0. The molecule has 1 aliphatic rings. The van der Waals surface area contributed by atoms with Crippen molar-refractivity contribution in [2.45, 2.75) is 18.4 Å². The highest BCUT2D eigenvalue weighted by Crippen LogP contribution is 2.44. The number of carbonyl (C=O) groups excluding carboxylic acids is 1. The van der Waals surface area contributed by atoms with E-state index >= 15 is 0 Å². The first-order chi connectivity index (χ1) is 11.1. The maximum atomic E-state index is 12.3. The molecule has 0 heterocycles. The number of aromatic hydroxyl groups is 1. The maximum absolute atomic E-state index is 12.3. The van der Waals surface area contributed by atoms with Crippen LogP contribution >= 0.6 is 0 Å². The third-order valence-electron chi connectivity index (χ3n) is 4.09. The first-order valence-electron chi connectivity index (χ1n) is 7.45. The van der Waals surface area contributed by atoms with Crippen molar-refractivity contribution in [3.8, 4) is 17.2 Å². The fraction of sp³-hybridized carbons (Fsp3) is 0.278. The molecular weight excluding hydrogens is 294 g/mol. The molecule has 1 saturated carbocycles. The van der Waals surface area contributed by atoms with Gasteiger partial charge in [-0.05, 0) is 30.2 Å². The number of benzene rings is 2. The molecule has 0 unspecified atom stereocenters. The fourth-order valence-electron chi connectivity index (χ4n) is 2.75. The number of phenols is 1. The molecule has 0 aliphatic heterocycles. The standard InChI is InChI=1S/C18H19NO4/c1-22-11-7-8-13(16(20)9-11)18(21)19-15-10-14(15)12-5-3-4-6-17(12)23-2/h3-9,14-15,20H,10H2,1-2H3,(H,19,21)/t14-,15+/m0/s1. The van der Waals surface area contributed by atoms with E-state index in [0.717, 1.165) is 17.7 Å². The van der Waals surface area contributed by atoms with Gasteiger partial charge in [0.15, 0.2) is 0 Å². The van der Waals surface area contributed by atoms with Gasteiger partial charge in [0.05, 0.1) is 19.8 Å². The lowest BCUT2D eigenvalue weighted by atomic mass is 10.1. The molecule has 5 heteroatoms. The van der Waals surface area contributed by atoms with Crippen molar-refractivity contribution in [3.05, 3.63) is 53.6 Å². The molecule has 2 N–H and O–H groups in total. The van der Waals surface area contributed by atoms with E-state index < -0.39 is 0 Å². The van der Waals surface area contributed by atoms with Crippen LogP contribution in [0.15, 0.2) is 42.5 Å². The first kappa shape index (κ1) is 15.2. The van der Waals surface area contributed by atoms with Gasteiger partial charge in [-0.15, -0.1) is 0 Å². The normalized spacial score (nSPS) is 19.0. The second-order valence-electron chi connectivity index (χ2n) is 5.55. The van der Waals surface area contributed by atoms with E-state index in [1.54, 1.807) is 19.2 Å². The molecule has 23 heavy (non-hydrogen) atoms. The highest BCUT2D eigenvalue weighted by Gasteiger charge is 2.41. The van der Waals surface area contributed by atoms with Crippen LogP contribution in [0.4, 0.5) is 0 Å². The van der Waals surface area contributed by atoms with Crippen molar-refractivity contribution >= 4 is 5.91 Å². The van der Waals surface area contributed by atoms with Crippen molar-refractivity contribution in [1.29, 1.82) is 0 Å². The van der Waals surface area contributed by atoms with Gasteiger partial charge in [0, 0.05) is 18.0 Å². The topological polar surface area (TPSA) is 67.8 Å². The number of ether oxygens (including phenoxy) is 2. The van der Waals surface area contributed by atoms with Crippen molar-refractivity contribution in [3.63, 3.8) is 0 Å². The summed E-state index contributed by atoms with van der Waals surface area (Å²) in [5.74, 6) is 1.22. The Morgan fingerprint density at radius 3 is 2.65 bits per heavy atom. The van der Waals surface area contributed by atoms with Crippen molar-refractivity contribution in [2.75, 3.05) is 14.2 Å². The predicted octanol–water partition coefficient (Wildman–Crippen LogP) is 2.70. The molecule has 0 saturated heterocycles. The third-order valence-corrected chi connectivity index (χ3v) is 4.09. The van der Waals surface area contributed by atoms with Gasteiger partial charge in [-0.1, -0.05) is 18.2 Å². The molecule has 2 aromatic rings. The summed E-state index contributed by atoms with van der Waals surface area (Å²) in [7, 11) is 3.15. The second kappa shape index (κ2) is 6.20. The second-order valence-corrected chi connectivity index (χ2v) is 5.55. The highest BCUT2D eigenvalue weighted by molar-refractivity contribution is 5.97. The van der Waals surface area contributed by atoms with E-state index in [0.29, 0.717) is 5.75 Å². The minimum absolute atomic E-state index is 0.0558. The van der Waals surface area contributed by atoms with Gasteiger partial charge in [0.2, 0.25) is 0 Å². The number of hydrogen-bond donors (Lipinski definition) is 2. The van der Waals surface area contributed by atoms with Crippen LogP contribution in [-0.4, -0.2) is 31.3 Å². The minimum atomic E-state index is -0.285. The summed E-state index contributed by atoms with van der Waals surface area (Å²) in [4.78, 5) is 12.3. The summed E-state index contributed by atoms with van der Waals surface area (Å²) in [6.07, 6.45) is 0.864. The fourth-order valence-corrected chi connectivity index (χ4v) is 2.75. The molecule has 1 amide bonds. The number of carbonyl (C=O) groups is 1. The Hall–Kier alpha value is -2.69. The summed E-state index contributed by atoms with van der Waals surface area (Å²) in [5.41, 5.74) is 1.34. The van der Waals surface area contributed by atoms with E-state index in [9.17, 15) is 9.90 Å². The smallest absolute Gasteiger partial charge is 0.255 e. The molecule has 0 radical (unpaired) electrons. The summed E-state index contributed by atoms with van der Waals surface area (Å²) < 4.78 is 10.4. The highest BCUT2D eigenvalue weighted by atomic mass is 16.5. The zero-order chi connectivity index (χ0) is 16.4. The van der Waals surface area contributed by atoms with Gasteiger partial charge in [-0.3, -0.25) is 4.79 Å². The molecule has 0 aromatic heterocycles. The van der Waals surface area contributed by atoms with Crippen LogP contribution in [0.25, 0.3) is 0 Å². The number of rotatable bonds is 5. The summed E-state index contributed by atoms with van der Waals surface area (Å²) in [5, 5.41) is 12.9. The predicted molar refractivity (Wildman–Crippen MR) is 86.3 cm³/mol. The Kier molecular flexibility index (Phi) is 4.10. The van der Waals surface area contributed by atoms with Gasteiger partial charge in [-0.2, -0.15) is 0 Å². The number of nitrogens with one attached hydrogen (secondary N) is 1. The van der Waals surface area contributed by atoms with Gasteiger partial charge in [-0.25, -0.2) is 0 Å². The monoisotopic (exact) mass is 313 g/mol. The molecule has 1 fully saturated rings. The molecule has 120 valence electrons. The van der Waals surface area contributed by atoms with Crippen molar-refractivity contribution in [1.82, 2.24) is 5.32 Å². The largest absolute Gasteiger partial charge is 0.507 e. The lowest BCUT2D eigenvalue weighted by Gasteiger charge is -2.10. The lowest BCUT2D eigenvalue weighted by Crippen LogP contribution is -2.26. The van der Waals surface area contributed by atoms with Crippen LogP contribution in [-0.2, 0) is 0 Å². The number of methoxy groups -OCH3 is 2. The van der Waals surface area contributed by atoms with Crippen LogP contribution in [0.2, 0.25) is 0 Å². The molecular formula is C18H19NO4. The maximum Gasteiger partial charge on any atom is 0.255 e. The molecule has 3 rings (SSSR count). The molecule has 1 aliphatic carbocycles. The van der Waals surface area contributed by atoms with Crippen molar-refractivity contribution in [2.24, 2.45) is 0 Å². The number of para-hydroxylation sites is 1. The Bertz CT molecular complexity index is 729. The van der Waals surface area contributed by atoms with E-state index in [2.05, 4.69) is 5.32 Å². The number of amides is 1. The average Bonchev–Trinajstić information content (AvgIpc) is 3.33. The van der Waals surface area contributed by atoms with Crippen LogP contribution in [0.1, 0.15) is 28.3 Å². The zero-order valence-electron chi connectivity index (χ0n) is 13.1. The number of hydrogen-bond acceptors (Lipinski definition) is 4. The van der Waals surface area contributed by atoms with Crippen LogP contribution in [0, 0.1) is 0 Å². The molecule has 0 bridgehead atoms. The minimum Gasteiger partial charge on any atom is -0.507 e. The van der Waals surface area contributed by atoms with E-state index in [-0.39, 0.29) is 29.2 Å². The van der Waals surface area contributed by atoms with Crippen LogP contribution < -0.4 is 14.8 Å². The molecule has 0 spiro atoms. The van der Waals surface area contributed by atoms with E-state index in [1.807, 2.05) is 24.3 Å². The molecule has 2 atom stereocenters. The number of phenolic OH excluding ortho intramolecular Hbond substituents is 1. The summed E-state index contributed by atoms with van der Waals surface area (Å²) in [6, 6.07) is 12.5. The van der Waals surface area contributed by atoms with Gasteiger partial charge >= 0.3 is 0 Å². The third kappa shape index (κ3) is 3.08. The first-order valence-corrected chi connectivity index (χ1v) is 7.45. The van der Waals surface area contributed by atoms with Gasteiger partial charge < -0.3 is 19.9 Å². The van der Waals surface area contributed by atoms with Crippen molar-refractivity contribution < 1.29 is 19.4 Å². The van der Waals surface area contributed by atoms with Gasteiger partial charge in [0.1, 0.15) is 17.2 Å². The lowest BCUT2D eigenvalue weighted by molar-refractivity contribution is 0.0947. The quantitative estimate of drug-likeness (QED) is 0.890. The Balaban J connectivity index is 1.68. The Morgan fingerprint density at radius 1 is 1.17 bits per heavy atom. The Labute approximate surface area is 134 Å². The Morgan fingerprint density at radius 2 is 1.96 bits per heavy atom. The zero-order valence-corrected chi connectivity index (χ0v) is 13.1. The van der Waals surface area contributed by atoms with Crippen LogP contribution in [0.3, 0.4) is 0 Å². The van der Waals surface area contributed by atoms with Gasteiger partial charge in [0.25, 0.3) is 5.91 Å². The van der Waals surface area contributed by atoms with E-state index in [4.69, 9.17) is 9.47 Å². The average molecular weight is 313 g/mol. The SMILES string of the molecule is COc1ccc(C(=O)N[C@@H]2C[C@H]2c2ccccc2OC)c(O)c1. The van der Waals surface area contributed by atoms with E-state index in [1.165, 1.54) is 13.2 Å².